The van der Waals surface area contributed by atoms with E-state index in [1.54, 1.807) is 0 Å². The normalized spacial score (nSPS) is 11.1. The third-order valence-electron chi connectivity index (χ3n) is 3.53. The van der Waals surface area contributed by atoms with E-state index >= 15 is 0 Å². The van der Waals surface area contributed by atoms with Crippen LogP contribution in [0.15, 0.2) is 30.3 Å². The number of hydrogen-bond acceptors (Lipinski definition) is 2. The van der Waals surface area contributed by atoms with Crippen molar-refractivity contribution >= 4 is 34.1 Å². The van der Waals surface area contributed by atoms with Crippen LogP contribution in [0.4, 0.5) is 0 Å². The van der Waals surface area contributed by atoms with E-state index in [9.17, 15) is 0 Å². The van der Waals surface area contributed by atoms with Gasteiger partial charge in [-0.3, -0.25) is 0 Å². The van der Waals surface area contributed by atoms with E-state index in [2.05, 4.69) is 23.0 Å². The average Bonchev–Trinajstić information content (AvgIpc) is 2.36. The lowest BCUT2D eigenvalue weighted by Crippen LogP contribution is -1.96. The van der Waals surface area contributed by atoms with Gasteiger partial charge in [0.1, 0.15) is 5.15 Å². The molecule has 0 aliphatic heterocycles. The smallest absolute Gasteiger partial charge is 0.161 e. The lowest BCUT2D eigenvalue weighted by atomic mass is 10.1. The molecule has 0 fully saturated rings. The van der Waals surface area contributed by atoms with E-state index in [0.717, 1.165) is 33.2 Å². The highest BCUT2D eigenvalue weighted by atomic mass is 35.5. The van der Waals surface area contributed by atoms with Crippen molar-refractivity contribution in [3.05, 3.63) is 57.2 Å². The zero-order valence-electron chi connectivity index (χ0n) is 12.0. The Morgan fingerprint density at radius 2 is 1.62 bits per heavy atom. The Kier molecular flexibility index (Phi) is 3.60. The summed E-state index contributed by atoms with van der Waals surface area (Å²) in [5, 5.41) is 2.11. The van der Waals surface area contributed by atoms with Crippen LogP contribution in [0.1, 0.15) is 16.7 Å². The lowest BCUT2D eigenvalue weighted by molar-refractivity contribution is 1.20. The molecule has 1 heterocycles. The van der Waals surface area contributed by atoms with Crippen LogP contribution in [0.3, 0.4) is 0 Å². The Morgan fingerprint density at radius 3 is 2.33 bits per heavy atom. The fraction of sp³-hybridized carbons (Fsp3) is 0.176. The van der Waals surface area contributed by atoms with E-state index in [0.29, 0.717) is 16.0 Å². The predicted molar refractivity (Wildman–Crippen MR) is 89.2 cm³/mol. The maximum atomic E-state index is 6.38. The quantitative estimate of drug-likeness (QED) is 0.552. The Morgan fingerprint density at radius 1 is 0.857 bits per heavy atom. The largest absolute Gasteiger partial charge is 0.228 e. The Bertz CT molecular complexity index is 857. The van der Waals surface area contributed by atoms with Gasteiger partial charge in [-0.15, -0.1) is 0 Å². The minimum atomic E-state index is 0.488. The Balaban J connectivity index is 2.30. The number of aryl methyl sites for hydroxylation is 3. The fourth-order valence-electron chi connectivity index (χ4n) is 2.59. The van der Waals surface area contributed by atoms with Crippen LogP contribution in [0.25, 0.3) is 22.3 Å². The first kappa shape index (κ1) is 14.3. The standard InChI is InChI=1S/C17H14Cl2N2/c1-9-6-11(3)15-14(7-9)20-17(21-16(15)19)13-5-4-12(18)8-10(13)2/h4-8H,1-3H3. The second kappa shape index (κ2) is 5.28. The van der Waals surface area contributed by atoms with Gasteiger partial charge in [0.15, 0.2) is 5.82 Å². The summed E-state index contributed by atoms with van der Waals surface area (Å²) in [6.45, 7) is 6.07. The minimum absolute atomic E-state index is 0.488. The molecule has 106 valence electrons. The topological polar surface area (TPSA) is 25.8 Å². The molecule has 2 aromatic carbocycles. The SMILES string of the molecule is Cc1cc(C)c2c(Cl)nc(-c3ccc(Cl)cc3C)nc2c1. The summed E-state index contributed by atoms with van der Waals surface area (Å²) in [5.74, 6) is 0.631. The molecule has 2 nitrogen and oxygen atoms in total. The molecule has 21 heavy (non-hydrogen) atoms. The van der Waals surface area contributed by atoms with E-state index in [4.69, 9.17) is 23.2 Å². The first-order valence-electron chi connectivity index (χ1n) is 6.67. The number of fused-ring (bicyclic) bond motifs is 1. The van der Waals surface area contributed by atoms with Crippen molar-refractivity contribution in [2.45, 2.75) is 20.8 Å². The number of benzene rings is 2. The molecule has 0 bridgehead atoms. The van der Waals surface area contributed by atoms with E-state index in [-0.39, 0.29) is 0 Å². The summed E-state index contributed by atoms with van der Waals surface area (Å²) in [7, 11) is 0. The number of aromatic nitrogens is 2. The van der Waals surface area contributed by atoms with Gasteiger partial charge in [-0.25, -0.2) is 9.97 Å². The molecule has 0 aliphatic carbocycles. The van der Waals surface area contributed by atoms with Gasteiger partial charge >= 0.3 is 0 Å². The van der Waals surface area contributed by atoms with Gasteiger partial charge < -0.3 is 0 Å². The van der Waals surface area contributed by atoms with Gasteiger partial charge in [0.25, 0.3) is 0 Å². The molecule has 0 saturated carbocycles. The molecule has 1 aromatic heterocycles. The molecule has 0 unspecified atom stereocenters. The zero-order chi connectivity index (χ0) is 15.1. The van der Waals surface area contributed by atoms with Crippen molar-refractivity contribution < 1.29 is 0 Å². The zero-order valence-corrected chi connectivity index (χ0v) is 13.5. The maximum absolute atomic E-state index is 6.38. The van der Waals surface area contributed by atoms with E-state index < -0.39 is 0 Å². The molecular formula is C17H14Cl2N2. The van der Waals surface area contributed by atoms with Crippen molar-refractivity contribution in [2.75, 3.05) is 0 Å². The second-order valence-corrected chi connectivity index (χ2v) is 6.07. The van der Waals surface area contributed by atoms with Crippen molar-refractivity contribution in [1.82, 2.24) is 9.97 Å². The maximum Gasteiger partial charge on any atom is 0.161 e. The Hall–Kier alpha value is -1.64. The lowest BCUT2D eigenvalue weighted by Gasteiger charge is -2.10. The first-order chi connectivity index (χ1) is 9.95. The molecule has 0 atom stereocenters. The molecule has 0 spiro atoms. The highest BCUT2D eigenvalue weighted by Crippen LogP contribution is 2.30. The number of hydrogen-bond donors (Lipinski definition) is 0. The van der Waals surface area contributed by atoms with Crippen molar-refractivity contribution in [1.29, 1.82) is 0 Å². The molecule has 0 radical (unpaired) electrons. The molecule has 0 amide bonds. The monoisotopic (exact) mass is 316 g/mol. The van der Waals surface area contributed by atoms with Gasteiger partial charge in [-0.1, -0.05) is 29.3 Å². The molecule has 3 aromatic rings. The minimum Gasteiger partial charge on any atom is -0.228 e. The summed E-state index contributed by atoms with van der Waals surface area (Å²) in [4.78, 5) is 9.14. The van der Waals surface area contributed by atoms with Crippen LogP contribution in [0.2, 0.25) is 10.2 Å². The van der Waals surface area contributed by atoms with E-state index in [1.807, 2.05) is 38.1 Å². The Labute approximate surface area is 133 Å². The second-order valence-electron chi connectivity index (χ2n) is 5.27. The van der Waals surface area contributed by atoms with Crippen LogP contribution in [0, 0.1) is 20.8 Å². The predicted octanol–water partition coefficient (Wildman–Crippen LogP) is 5.53. The molecule has 4 heteroatoms. The highest BCUT2D eigenvalue weighted by molar-refractivity contribution is 6.34. The van der Waals surface area contributed by atoms with Crippen molar-refractivity contribution in [3.8, 4) is 11.4 Å². The van der Waals surface area contributed by atoms with Crippen molar-refractivity contribution in [2.24, 2.45) is 0 Å². The molecule has 0 N–H and O–H groups in total. The summed E-state index contributed by atoms with van der Waals surface area (Å²) < 4.78 is 0. The summed E-state index contributed by atoms with van der Waals surface area (Å²) >= 11 is 12.4. The van der Waals surface area contributed by atoms with Crippen LogP contribution in [-0.4, -0.2) is 9.97 Å². The van der Waals surface area contributed by atoms with Gasteiger partial charge in [0.2, 0.25) is 0 Å². The highest BCUT2D eigenvalue weighted by Gasteiger charge is 2.12. The third-order valence-corrected chi connectivity index (χ3v) is 4.03. The van der Waals surface area contributed by atoms with Gasteiger partial charge in [0, 0.05) is 16.0 Å². The van der Waals surface area contributed by atoms with Crippen molar-refractivity contribution in [3.63, 3.8) is 0 Å². The fourth-order valence-corrected chi connectivity index (χ4v) is 3.14. The summed E-state index contributed by atoms with van der Waals surface area (Å²) in [6.07, 6.45) is 0. The van der Waals surface area contributed by atoms with Crippen LogP contribution in [0.5, 0.6) is 0 Å². The number of halogens is 2. The summed E-state index contributed by atoms with van der Waals surface area (Å²) in [5.41, 5.74) is 5.10. The molecule has 0 saturated heterocycles. The van der Waals surface area contributed by atoms with Gasteiger partial charge in [0.05, 0.1) is 5.52 Å². The molecular weight excluding hydrogens is 303 g/mol. The molecule has 0 aliphatic rings. The third kappa shape index (κ3) is 2.61. The summed E-state index contributed by atoms with van der Waals surface area (Å²) in [6, 6.07) is 9.79. The van der Waals surface area contributed by atoms with Crippen LogP contribution >= 0.6 is 23.2 Å². The van der Waals surface area contributed by atoms with E-state index in [1.165, 1.54) is 0 Å². The molecule has 3 rings (SSSR count). The van der Waals surface area contributed by atoms with Gasteiger partial charge in [-0.05, 0) is 61.7 Å². The average molecular weight is 317 g/mol. The van der Waals surface area contributed by atoms with Gasteiger partial charge in [-0.2, -0.15) is 0 Å². The first-order valence-corrected chi connectivity index (χ1v) is 7.42. The number of rotatable bonds is 1. The number of nitrogens with zero attached hydrogens (tertiary/aromatic N) is 2. The van der Waals surface area contributed by atoms with Crippen LogP contribution < -0.4 is 0 Å². The van der Waals surface area contributed by atoms with Crippen LogP contribution in [-0.2, 0) is 0 Å².